The van der Waals surface area contributed by atoms with E-state index in [9.17, 15) is 14.4 Å². The third-order valence-electron chi connectivity index (χ3n) is 4.47. The van der Waals surface area contributed by atoms with Gasteiger partial charge in [0, 0.05) is 38.0 Å². The number of fused-ring (bicyclic) bond motifs is 1. The molecule has 1 aliphatic heterocycles. The van der Waals surface area contributed by atoms with Crippen molar-refractivity contribution in [3.05, 3.63) is 46.3 Å². The van der Waals surface area contributed by atoms with E-state index >= 15 is 0 Å². The number of benzene rings is 1. The quantitative estimate of drug-likeness (QED) is 0.775. The van der Waals surface area contributed by atoms with Crippen molar-refractivity contribution in [3.63, 3.8) is 0 Å². The normalized spacial score (nSPS) is 15.3. The van der Waals surface area contributed by atoms with Crippen molar-refractivity contribution in [2.45, 2.75) is 27.2 Å². The number of nitrogens with zero attached hydrogens (tertiary/aromatic N) is 2. The smallest absolute Gasteiger partial charge is 0.349 e. The van der Waals surface area contributed by atoms with E-state index in [-0.39, 0.29) is 22.8 Å². The van der Waals surface area contributed by atoms with Crippen LogP contribution >= 0.6 is 0 Å². The fraction of sp³-hybridized carbons (Fsp3) is 0.450. The second-order valence-corrected chi connectivity index (χ2v) is 7.90. The van der Waals surface area contributed by atoms with Gasteiger partial charge < -0.3 is 14.2 Å². The third-order valence-corrected chi connectivity index (χ3v) is 4.47. The van der Waals surface area contributed by atoms with Crippen LogP contribution in [-0.2, 0) is 4.79 Å². The number of para-hydroxylation sites is 1. The van der Waals surface area contributed by atoms with Crippen molar-refractivity contribution < 1.29 is 14.0 Å². The average molecular weight is 356 g/mol. The van der Waals surface area contributed by atoms with Crippen LogP contribution in [0.5, 0.6) is 0 Å². The molecule has 0 bridgehead atoms. The minimum absolute atomic E-state index is 0.0400. The molecule has 2 aromatic rings. The number of hydrogen-bond donors (Lipinski definition) is 0. The Hall–Kier alpha value is -2.63. The Morgan fingerprint density at radius 3 is 2.31 bits per heavy atom. The zero-order valence-corrected chi connectivity index (χ0v) is 15.4. The maximum atomic E-state index is 12.7. The highest BCUT2D eigenvalue weighted by Gasteiger charge is 2.28. The van der Waals surface area contributed by atoms with Crippen molar-refractivity contribution in [1.29, 1.82) is 0 Å². The molecule has 1 aromatic heterocycles. The molecule has 0 spiro atoms. The number of amides is 2. The van der Waals surface area contributed by atoms with Gasteiger partial charge in [0.15, 0.2) is 0 Å². The number of piperazine rings is 1. The van der Waals surface area contributed by atoms with Crippen LogP contribution in [0.3, 0.4) is 0 Å². The summed E-state index contributed by atoms with van der Waals surface area (Å²) in [6.07, 6.45) is 0.481. The van der Waals surface area contributed by atoms with Gasteiger partial charge in [-0.3, -0.25) is 9.59 Å². The molecule has 1 saturated heterocycles. The molecule has 0 unspecified atom stereocenters. The predicted octanol–water partition coefficient (Wildman–Crippen LogP) is 2.51. The zero-order valence-electron chi connectivity index (χ0n) is 15.4. The van der Waals surface area contributed by atoms with Crippen molar-refractivity contribution in [3.8, 4) is 0 Å². The molecule has 26 heavy (non-hydrogen) atoms. The molecular weight excluding hydrogens is 332 g/mol. The summed E-state index contributed by atoms with van der Waals surface area (Å²) in [5, 5.41) is 0.717. The highest BCUT2D eigenvalue weighted by atomic mass is 16.4. The van der Waals surface area contributed by atoms with Gasteiger partial charge in [-0.2, -0.15) is 0 Å². The molecule has 0 atom stereocenters. The summed E-state index contributed by atoms with van der Waals surface area (Å²) in [6, 6.07) is 8.69. The molecule has 2 heterocycles. The number of hydrogen-bond acceptors (Lipinski definition) is 4. The Morgan fingerprint density at radius 2 is 1.65 bits per heavy atom. The van der Waals surface area contributed by atoms with Crippen LogP contribution in [0.25, 0.3) is 11.0 Å². The van der Waals surface area contributed by atoms with E-state index in [4.69, 9.17) is 4.42 Å². The number of carbonyl (C=O) groups excluding carboxylic acids is 2. The van der Waals surface area contributed by atoms with Gasteiger partial charge in [0.05, 0.1) is 0 Å². The van der Waals surface area contributed by atoms with E-state index in [1.165, 1.54) is 0 Å². The van der Waals surface area contributed by atoms with Crippen LogP contribution in [0.15, 0.2) is 39.5 Å². The predicted molar refractivity (Wildman–Crippen MR) is 99.0 cm³/mol. The van der Waals surface area contributed by atoms with Crippen LogP contribution in [-0.4, -0.2) is 47.8 Å². The lowest BCUT2D eigenvalue weighted by atomic mass is 9.91. The van der Waals surface area contributed by atoms with Gasteiger partial charge in [-0.15, -0.1) is 0 Å². The van der Waals surface area contributed by atoms with Crippen LogP contribution in [0.4, 0.5) is 0 Å². The fourth-order valence-electron chi connectivity index (χ4n) is 3.11. The van der Waals surface area contributed by atoms with E-state index < -0.39 is 5.63 Å². The molecule has 0 radical (unpaired) electrons. The first-order valence-corrected chi connectivity index (χ1v) is 8.84. The molecule has 0 aliphatic carbocycles. The largest absolute Gasteiger partial charge is 0.422 e. The second kappa shape index (κ2) is 6.94. The van der Waals surface area contributed by atoms with E-state index in [1.807, 2.05) is 26.8 Å². The average Bonchev–Trinajstić information content (AvgIpc) is 2.59. The van der Waals surface area contributed by atoms with Crippen molar-refractivity contribution in [2.24, 2.45) is 5.41 Å². The first kappa shape index (κ1) is 18.2. The Morgan fingerprint density at radius 1 is 1.04 bits per heavy atom. The maximum absolute atomic E-state index is 12.7. The van der Waals surface area contributed by atoms with E-state index in [1.54, 1.807) is 34.1 Å². The zero-order chi connectivity index (χ0) is 18.9. The minimum Gasteiger partial charge on any atom is -0.422 e. The molecule has 6 heteroatoms. The minimum atomic E-state index is -0.625. The lowest BCUT2D eigenvalue weighted by Gasteiger charge is -2.35. The molecule has 0 saturated carbocycles. The molecular formula is C20H24N2O4. The summed E-state index contributed by atoms with van der Waals surface area (Å²) in [4.78, 5) is 40.6. The molecule has 3 rings (SSSR count). The Labute approximate surface area is 152 Å². The van der Waals surface area contributed by atoms with Gasteiger partial charge in [-0.25, -0.2) is 4.79 Å². The monoisotopic (exact) mass is 356 g/mol. The van der Waals surface area contributed by atoms with E-state index in [0.717, 1.165) is 5.39 Å². The molecule has 1 aliphatic rings. The van der Waals surface area contributed by atoms with E-state index in [2.05, 4.69) is 0 Å². The van der Waals surface area contributed by atoms with Gasteiger partial charge in [0.2, 0.25) is 5.91 Å². The topological polar surface area (TPSA) is 70.8 Å². The first-order valence-electron chi connectivity index (χ1n) is 8.84. The van der Waals surface area contributed by atoms with Gasteiger partial charge >= 0.3 is 5.63 Å². The lowest BCUT2D eigenvalue weighted by Crippen LogP contribution is -2.51. The summed E-state index contributed by atoms with van der Waals surface area (Å²) >= 11 is 0. The van der Waals surface area contributed by atoms with Crippen molar-refractivity contribution >= 4 is 22.8 Å². The Bertz CT molecular complexity index is 887. The Kier molecular flexibility index (Phi) is 4.85. The fourth-order valence-corrected chi connectivity index (χ4v) is 3.11. The van der Waals surface area contributed by atoms with Gasteiger partial charge in [-0.1, -0.05) is 39.0 Å². The summed E-state index contributed by atoms with van der Waals surface area (Å²) in [5.41, 5.74) is -0.182. The van der Waals surface area contributed by atoms with Crippen LogP contribution in [0, 0.1) is 5.41 Å². The lowest BCUT2D eigenvalue weighted by molar-refractivity contribution is -0.134. The molecule has 1 fully saturated rings. The molecule has 0 N–H and O–H groups in total. The maximum Gasteiger partial charge on any atom is 0.349 e. The van der Waals surface area contributed by atoms with E-state index in [0.29, 0.717) is 38.2 Å². The van der Waals surface area contributed by atoms with Crippen molar-refractivity contribution in [2.75, 3.05) is 26.2 Å². The number of carbonyl (C=O) groups is 2. The van der Waals surface area contributed by atoms with Gasteiger partial charge in [-0.05, 0) is 17.5 Å². The SMILES string of the molecule is CC(C)(C)CC(=O)N1CCN(C(=O)c2cc3ccccc3oc2=O)CC1. The Balaban J connectivity index is 1.70. The summed E-state index contributed by atoms with van der Waals surface area (Å²) in [7, 11) is 0. The molecule has 2 amide bonds. The number of rotatable bonds is 2. The van der Waals surface area contributed by atoms with Gasteiger partial charge in [0.1, 0.15) is 11.1 Å². The van der Waals surface area contributed by atoms with Gasteiger partial charge in [0.25, 0.3) is 5.91 Å². The summed E-state index contributed by atoms with van der Waals surface area (Å²) in [6.45, 7) is 7.90. The summed E-state index contributed by atoms with van der Waals surface area (Å²) in [5.74, 6) is -0.234. The highest BCUT2D eigenvalue weighted by molar-refractivity contribution is 5.96. The molecule has 1 aromatic carbocycles. The third kappa shape index (κ3) is 3.95. The van der Waals surface area contributed by atoms with Crippen molar-refractivity contribution in [1.82, 2.24) is 9.80 Å². The molecule has 6 nitrogen and oxygen atoms in total. The van der Waals surface area contributed by atoms with Crippen LogP contribution in [0.2, 0.25) is 0 Å². The summed E-state index contributed by atoms with van der Waals surface area (Å²) < 4.78 is 5.25. The second-order valence-electron chi connectivity index (χ2n) is 7.90. The van der Waals surface area contributed by atoms with Crippen LogP contribution in [0.1, 0.15) is 37.6 Å². The standard InChI is InChI=1S/C20H24N2O4/c1-20(2,3)13-17(23)21-8-10-22(11-9-21)18(24)15-12-14-6-4-5-7-16(14)26-19(15)25/h4-7,12H,8-11,13H2,1-3H3. The molecule has 138 valence electrons. The van der Waals surface area contributed by atoms with Crippen LogP contribution < -0.4 is 5.63 Å². The first-order chi connectivity index (χ1) is 12.2. The highest BCUT2D eigenvalue weighted by Crippen LogP contribution is 2.21.